The quantitative estimate of drug-likeness (QED) is 0.810. The molecule has 2 aromatic rings. The first-order chi connectivity index (χ1) is 10.3. The van der Waals surface area contributed by atoms with E-state index in [1.807, 2.05) is 35.4 Å². The number of furan rings is 1. The summed E-state index contributed by atoms with van der Waals surface area (Å²) in [6.45, 7) is 0.793. The van der Waals surface area contributed by atoms with Crippen LogP contribution in [0.1, 0.15) is 36.6 Å². The predicted molar refractivity (Wildman–Crippen MR) is 80.3 cm³/mol. The van der Waals surface area contributed by atoms with Crippen LogP contribution in [0.25, 0.3) is 6.08 Å². The molecule has 1 aliphatic rings. The molecule has 0 spiro atoms. The second-order valence-corrected chi connectivity index (χ2v) is 5.18. The van der Waals surface area contributed by atoms with Gasteiger partial charge < -0.3 is 9.32 Å². The normalized spacial score (nSPS) is 19.0. The highest BCUT2D eigenvalue weighted by Gasteiger charge is 2.26. The lowest BCUT2D eigenvalue weighted by Crippen LogP contribution is -2.37. The fourth-order valence-electron chi connectivity index (χ4n) is 2.75. The van der Waals surface area contributed by atoms with Crippen molar-refractivity contribution in [1.29, 1.82) is 0 Å². The first-order valence-electron chi connectivity index (χ1n) is 7.27. The van der Waals surface area contributed by atoms with E-state index in [2.05, 4.69) is 4.98 Å². The molecule has 4 nitrogen and oxygen atoms in total. The Kier molecular flexibility index (Phi) is 4.15. The molecule has 21 heavy (non-hydrogen) atoms. The second kappa shape index (κ2) is 6.39. The summed E-state index contributed by atoms with van der Waals surface area (Å²) in [6, 6.07) is 7.73. The number of pyridine rings is 1. The molecule has 1 saturated heterocycles. The van der Waals surface area contributed by atoms with Crippen molar-refractivity contribution in [2.45, 2.75) is 25.3 Å². The molecule has 1 fully saturated rings. The van der Waals surface area contributed by atoms with Gasteiger partial charge in [-0.15, -0.1) is 0 Å². The molecule has 3 rings (SSSR count). The Morgan fingerprint density at radius 1 is 1.33 bits per heavy atom. The minimum atomic E-state index is 0.0277. The van der Waals surface area contributed by atoms with E-state index in [-0.39, 0.29) is 11.9 Å². The van der Waals surface area contributed by atoms with E-state index >= 15 is 0 Å². The van der Waals surface area contributed by atoms with Crippen LogP contribution in [0.15, 0.2) is 53.4 Å². The minimum Gasteiger partial charge on any atom is -0.465 e. The molecule has 0 aliphatic carbocycles. The molecule has 108 valence electrons. The maximum absolute atomic E-state index is 12.5. The van der Waals surface area contributed by atoms with Crippen LogP contribution in [-0.2, 0) is 4.79 Å². The number of hydrogen-bond donors (Lipinski definition) is 0. The summed E-state index contributed by atoms with van der Waals surface area (Å²) in [4.78, 5) is 18.6. The third-order valence-corrected chi connectivity index (χ3v) is 3.79. The second-order valence-electron chi connectivity index (χ2n) is 5.18. The molecule has 0 saturated carbocycles. The average Bonchev–Trinajstić information content (AvgIpc) is 3.07. The zero-order valence-corrected chi connectivity index (χ0v) is 11.8. The van der Waals surface area contributed by atoms with E-state index < -0.39 is 0 Å². The van der Waals surface area contributed by atoms with Gasteiger partial charge in [0.15, 0.2) is 0 Å². The topological polar surface area (TPSA) is 46.3 Å². The summed E-state index contributed by atoms with van der Waals surface area (Å²) in [7, 11) is 0. The zero-order valence-electron chi connectivity index (χ0n) is 11.8. The number of likely N-dealkylation sites (tertiary alicyclic amines) is 1. The highest BCUT2D eigenvalue weighted by Crippen LogP contribution is 2.30. The molecule has 3 heterocycles. The summed E-state index contributed by atoms with van der Waals surface area (Å²) in [5, 5.41) is 0. The first kappa shape index (κ1) is 13.6. The molecule has 1 aliphatic heterocycles. The van der Waals surface area contributed by atoms with Gasteiger partial charge in [-0.3, -0.25) is 9.78 Å². The van der Waals surface area contributed by atoms with Crippen molar-refractivity contribution in [3.05, 3.63) is 60.3 Å². The summed E-state index contributed by atoms with van der Waals surface area (Å²) >= 11 is 0. The molecule has 0 radical (unpaired) electrons. The van der Waals surface area contributed by atoms with Crippen LogP contribution in [0.3, 0.4) is 0 Å². The fourth-order valence-corrected chi connectivity index (χ4v) is 2.75. The largest absolute Gasteiger partial charge is 0.465 e. The molecule has 4 heteroatoms. The molecule has 0 aromatic carbocycles. The van der Waals surface area contributed by atoms with Gasteiger partial charge in [0.1, 0.15) is 5.76 Å². The van der Waals surface area contributed by atoms with Gasteiger partial charge in [0.2, 0.25) is 5.91 Å². The highest BCUT2D eigenvalue weighted by molar-refractivity contribution is 5.91. The number of amides is 1. The van der Waals surface area contributed by atoms with Gasteiger partial charge in [0.05, 0.1) is 12.3 Å². The lowest BCUT2D eigenvalue weighted by atomic mass is 9.96. The first-order valence-corrected chi connectivity index (χ1v) is 7.27. The Hall–Kier alpha value is -2.36. The monoisotopic (exact) mass is 282 g/mol. The number of carbonyl (C=O) groups excluding carboxylic acids is 1. The van der Waals surface area contributed by atoms with Crippen molar-refractivity contribution in [2.75, 3.05) is 6.54 Å². The minimum absolute atomic E-state index is 0.0277. The predicted octanol–water partition coefficient (Wildman–Crippen LogP) is 3.44. The maximum Gasteiger partial charge on any atom is 0.247 e. The van der Waals surface area contributed by atoms with Crippen molar-refractivity contribution >= 4 is 12.0 Å². The van der Waals surface area contributed by atoms with Crippen LogP contribution in [0.4, 0.5) is 0 Å². The van der Waals surface area contributed by atoms with Gasteiger partial charge in [0, 0.05) is 25.0 Å². The number of hydrogen-bond acceptors (Lipinski definition) is 3. The van der Waals surface area contributed by atoms with E-state index in [0.29, 0.717) is 5.76 Å². The van der Waals surface area contributed by atoms with Gasteiger partial charge in [-0.1, -0.05) is 6.07 Å². The molecule has 0 bridgehead atoms. The van der Waals surface area contributed by atoms with Gasteiger partial charge in [-0.25, -0.2) is 0 Å². The van der Waals surface area contributed by atoms with Crippen LogP contribution < -0.4 is 0 Å². The Morgan fingerprint density at radius 2 is 2.29 bits per heavy atom. The summed E-state index contributed by atoms with van der Waals surface area (Å²) in [5.74, 6) is 0.721. The van der Waals surface area contributed by atoms with E-state index in [1.165, 1.54) is 0 Å². The van der Waals surface area contributed by atoms with Crippen molar-refractivity contribution in [1.82, 2.24) is 9.88 Å². The Morgan fingerprint density at radius 3 is 3.05 bits per heavy atom. The van der Waals surface area contributed by atoms with Crippen molar-refractivity contribution < 1.29 is 9.21 Å². The van der Waals surface area contributed by atoms with Gasteiger partial charge in [-0.05, 0) is 49.1 Å². The fraction of sp³-hybridized carbons (Fsp3) is 0.294. The lowest BCUT2D eigenvalue weighted by molar-refractivity contribution is -0.129. The van der Waals surface area contributed by atoms with Gasteiger partial charge in [-0.2, -0.15) is 0 Å². The molecular weight excluding hydrogens is 264 g/mol. The highest BCUT2D eigenvalue weighted by atomic mass is 16.3. The van der Waals surface area contributed by atoms with Gasteiger partial charge in [0.25, 0.3) is 0 Å². The van der Waals surface area contributed by atoms with Crippen molar-refractivity contribution in [2.24, 2.45) is 0 Å². The van der Waals surface area contributed by atoms with E-state index in [0.717, 1.165) is 31.4 Å². The van der Waals surface area contributed by atoms with Crippen LogP contribution in [-0.4, -0.2) is 22.3 Å². The lowest BCUT2D eigenvalue weighted by Gasteiger charge is -2.35. The third-order valence-electron chi connectivity index (χ3n) is 3.79. The maximum atomic E-state index is 12.5. The van der Waals surface area contributed by atoms with Crippen LogP contribution in [0.5, 0.6) is 0 Å². The molecule has 0 N–H and O–H groups in total. The zero-order chi connectivity index (χ0) is 14.5. The molecule has 0 unspecified atom stereocenters. The summed E-state index contributed by atoms with van der Waals surface area (Å²) in [5.41, 5.74) is 1.11. The van der Waals surface area contributed by atoms with E-state index in [4.69, 9.17) is 4.42 Å². The number of rotatable bonds is 3. The Bertz CT molecular complexity index is 605. The standard InChI is InChI=1S/C17H18N2O2/c20-17(9-8-15-6-4-12-21-15)19-11-2-1-7-16(19)14-5-3-10-18-13-14/h3-6,8-10,12-13,16H,1-2,7,11H2/t16-/m1/s1. The summed E-state index contributed by atoms with van der Waals surface area (Å²) < 4.78 is 5.22. The van der Waals surface area contributed by atoms with Gasteiger partial charge >= 0.3 is 0 Å². The smallest absolute Gasteiger partial charge is 0.247 e. The van der Waals surface area contributed by atoms with E-state index in [1.54, 1.807) is 24.6 Å². The van der Waals surface area contributed by atoms with Crippen molar-refractivity contribution in [3.63, 3.8) is 0 Å². The molecule has 1 atom stereocenters. The van der Waals surface area contributed by atoms with E-state index in [9.17, 15) is 4.79 Å². The number of aromatic nitrogens is 1. The molecular formula is C17H18N2O2. The number of piperidine rings is 1. The van der Waals surface area contributed by atoms with Crippen LogP contribution >= 0.6 is 0 Å². The third kappa shape index (κ3) is 3.21. The van der Waals surface area contributed by atoms with Crippen LogP contribution in [0, 0.1) is 0 Å². The Labute approximate surface area is 124 Å². The Balaban J connectivity index is 1.76. The number of carbonyl (C=O) groups is 1. The number of nitrogens with zero attached hydrogens (tertiary/aromatic N) is 2. The molecule has 2 aromatic heterocycles. The molecule has 1 amide bonds. The van der Waals surface area contributed by atoms with Crippen LogP contribution in [0.2, 0.25) is 0 Å². The summed E-state index contributed by atoms with van der Waals surface area (Å²) in [6.07, 6.45) is 11.7. The average molecular weight is 282 g/mol. The SMILES string of the molecule is O=C(C=Cc1ccco1)N1CCCC[C@@H]1c1cccnc1. The van der Waals surface area contributed by atoms with Crippen molar-refractivity contribution in [3.8, 4) is 0 Å².